The van der Waals surface area contributed by atoms with E-state index in [1.54, 1.807) is 28.0 Å². The molecule has 1 N–H and O–H groups in total. The molecule has 2 aromatic carbocycles. The maximum Gasteiger partial charge on any atom is 0.254 e. The van der Waals surface area contributed by atoms with Crippen molar-refractivity contribution in [2.24, 2.45) is 0 Å². The lowest BCUT2D eigenvalue weighted by Gasteiger charge is -2.35. The number of carbonyl (C=O) groups excluding carboxylic acids is 2. The minimum atomic E-state index is -3.41. The van der Waals surface area contributed by atoms with Crippen LogP contribution in [0.2, 0.25) is 0 Å². The van der Waals surface area contributed by atoms with Crippen LogP contribution in [0, 0.1) is 0 Å². The molecule has 3 rings (SSSR count). The van der Waals surface area contributed by atoms with Gasteiger partial charge in [-0.3, -0.25) is 14.3 Å². The van der Waals surface area contributed by atoms with Crippen molar-refractivity contribution >= 4 is 27.5 Å². The molecule has 0 unspecified atom stereocenters. The van der Waals surface area contributed by atoms with Crippen molar-refractivity contribution < 1.29 is 18.0 Å². The first-order chi connectivity index (χ1) is 13.8. The zero-order valence-corrected chi connectivity index (χ0v) is 17.4. The standard InChI is InChI=1S/C21H25N3O4S/c1-3-16-7-9-17(10-8-16)20(25)23-11-13-24(14-12-23)21(26)18-5-4-6-19(15-18)22-29(2,27)28/h4-10,15,22H,3,11-14H2,1-2H3. The van der Waals surface area contributed by atoms with Crippen LogP contribution in [0.5, 0.6) is 0 Å². The number of anilines is 1. The summed E-state index contributed by atoms with van der Waals surface area (Å²) in [6.07, 6.45) is 1.99. The van der Waals surface area contributed by atoms with Crippen LogP contribution >= 0.6 is 0 Å². The molecule has 154 valence electrons. The van der Waals surface area contributed by atoms with Crippen molar-refractivity contribution in [2.75, 3.05) is 37.2 Å². The smallest absolute Gasteiger partial charge is 0.254 e. The van der Waals surface area contributed by atoms with Crippen molar-refractivity contribution in [1.29, 1.82) is 0 Å². The Morgan fingerprint density at radius 2 is 1.45 bits per heavy atom. The van der Waals surface area contributed by atoms with Gasteiger partial charge >= 0.3 is 0 Å². The van der Waals surface area contributed by atoms with E-state index in [9.17, 15) is 18.0 Å². The fourth-order valence-electron chi connectivity index (χ4n) is 3.29. The third kappa shape index (κ3) is 5.35. The van der Waals surface area contributed by atoms with Crippen molar-refractivity contribution in [1.82, 2.24) is 9.80 Å². The summed E-state index contributed by atoms with van der Waals surface area (Å²) in [6, 6.07) is 14.0. The highest BCUT2D eigenvalue weighted by molar-refractivity contribution is 7.92. The van der Waals surface area contributed by atoms with E-state index in [-0.39, 0.29) is 11.8 Å². The van der Waals surface area contributed by atoms with Crippen LogP contribution in [0.1, 0.15) is 33.2 Å². The second kappa shape index (κ2) is 8.65. The van der Waals surface area contributed by atoms with E-state index in [0.717, 1.165) is 12.7 Å². The number of carbonyl (C=O) groups is 2. The summed E-state index contributed by atoms with van der Waals surface area (Å²) in [6.45, 7) is 3.85. The van der Waals surface area contributed by atoms with Crippen molar-refractivity contribution in [3.8, 4) is 0 Å². The maximum atomic E-state index is 12.8. The van der Waals surface area contributed by atoms with Crippen LogP contribution in [-0.2, 0) is 16.4 Å². The first-order valence-electron chi connectivity index (χ1n) is 9.52. The number of rotatable bonds is 5. The second-order valence-electron chi connectivity index (χ2n) is 7.09. The predicted octanol–water partition coefficient (Wildman–Crippen LogP) is 2.22. The van der Waals surface area contributed by atoms with Gasteiger partial charge in [0.1, 0.15) is 0 Å². The van der Waals surface area contributed by atoms with Gasteiger partial charge in [-0.25, -0.2) is 8.42 Å². The summed E-state index contributed by atoms with van der Waals surface area (Å²) >= 11 is 0. The van der Waals surface area contributed by atoms with Crippen LogP contribution in [-0.4, -0.2) is 62.5 Å². The summed E-state index contributed by atoms with van der Waals surface area (Å²) in [4.78, 5) is 28.9. The Hall–Kier alpha value is -2.87. The molecular weight excluding hydrogens is 390 g/mol. The molecule has 0 saturated carbocycles. The van der Waals surface area contributed by atoms with E-state index in [1.165, 1.54) is 11.6 Å². The molecule has 0 atom stereocenters. The number of hydrogen-bond acceptors (Lipinski definition) is 4. The Morgan fingerprint density at radius 3 is 1.97 bits per heavy atom. The van der Waals surface area contributed by atoms with Crippen molar-refractivity contribution in [2.45, 2.75) is 13.3 Å². The molecule has 0 spiro atoms. The molecule has 1 aliphatic rings. The normalized spacial score (nSPS) is 14.6. The average molecular weight is 416 g/mol. The van der Waals surface area contributed by atoms with E-state index in [2.05, 4.69) is 11.6 Å². The second-order valence-corrected chi connectivity index (χ2v) is 8.84. The Bertz CT molecular complexity index is 995. The molecule has 1 saturated heterocycles. The first kappa shape index (κ1) is 20.9. The van der Waals surface area contributed by atoms with Gasteiger partial charge in [0.2, 0.25) is 10.0 Å². The van der Waals surface area contributed by atoms with Gasteiger partial charge in [-0.2, -0.15) is 0 Å². The van der Waals surface area contributed by atoms with Crippen LogP contribution in [0.25, 0.3) is 0 Å². The largest absolute Gasteiger partial charge is 0.335 e. The average Bonchev–Trinajstić information content (AvgIpc) is 2.72. The molecule has 0 bridgehead atoms. The van der Waals surface area contributed by atoms with E-state index < -0.39 is 10.0 Å². The fourth-order valence-corrected chi connectivity index (χ4v) is 3.85. The Balaban J connectivity index is 1.62. The molecule has 1 aliphatic heterocycles. The van der Waals surface area contributed by atoms with Gasteiger partial charge in [-0.1, -0.05) is 25.1 Å². The van der Waals surface area contributed by atoms with Gasteiger partial charge in [0.15, 0.2) is 0 Å². The maximum absolute atomic E-state index is 12.8. The Morgan fingerprint density at radius 1 is 0.897 bits per heavy atom. The van der Waals surface area contributed by atoms with E-state index >= 15 is 0 Å². The highest BCUT2D eigenvalue weighted by Gasteiger charge is 2.25. The zero-order chi connectivity index (χ0) is 21.0. The van der Waals surface area contributed by atoms with E-state index in [4.69, 9.17) is 0 Å². The van der Waals surface area contributed by atoms with Crippen LogP contribution in [0.15, 0.2) is 48.5 Å². The number of aryl methyl sites for hydroxylation is 1. The molecule has 7 nitrogen and oxygen atoms in total. The van der Waals surface area contributed by atoms with Crippen LogP contribution in [0.3, 0.4) is 0 Å². The summed E-state index contributed by atoms with van der Waals surface area (Å²) < 4.78 is 25.2. The summed E-state index contributed by atoms with van der Waals surface area (Å²) in [5.41, 5.74) is 2.60. The Kier molecular flexibility index (Phi) is 6.22. The summed E-state index contributed by atoms with van der Waals surface area (Å²) in [5, 5.41) is 0. The molecular formula is C21H25N3O4S. The van der Waals surface area contributed by atoms with Crippen molar-refractivity contribution in [3.05, 3.63) is 65.2 Å². The number of sulfonamides is 1. The van der Waals surface area contributed by atoms with E-state index in [1.807, 2.05) is 24.3 Å². The minimum Gasteiger partial charge on any atom is -0.335 e. The SMILES string of the molecule is CCc1ccc(C(=O)N2CCN(C(=O)c3cccc(NS(C)(=O)=O)c3)CC2)cc1. The zero-order valence-electron chi connectivity index (χ0n) is 16.6. The van der Waals surface area contributed by atoms with Gasteiger partial charge in [-0.15, -0.1) is 0 Å². The van der Waals surface area contributed by atoms with Crippen LogP contribution < -0.4 is 4.72 Å². The third-order valence-electron chi connectivity index (χ3n) is 4.88. The lowest BCUT2D eigenvalue weighted by Crippen LogP contribution is -2.50. The molecule has 0 aromatic heterocycles. The van der Waals surface area contributed by atoms with Gasteiger partial charge in [0.25, 0.3) is 11.8 Å². The first-order valence-corrected chi connectivity index (χ1v) is 11.4. The van der Waals surface area contributed by atoms with Crippen molar-refractivity contribution in [3.63, 3.8) is 0 Å². The molecule has 0 aliphatic carbocycles. The minimum absolute atomic E-state index is 0.0286. The highest BCUT2D eigenvalue weighted by Crippen LogP contribution is 2.16. The molecule has 8 heteroatoms. The molecule has 1 heterocycles. The molecule has 0 radical (unpaired) electrons. The topological polar surface area (TPSA) is 86.8 Å². The number of piperazine rings is 1. The number of amides is 2. The lowest BCUT2D eigenvalue weighted by atomic mass is 10.1. The fraction of sp³-hybridized carbons (Fsp3) is 0.333. The molecule has 2 amide bonds. The molecule has 29 heavy (non-hydrogen) atoms. The quantitative estimate of drug-likeness (QED) is 0.811. The lowest BCUT2D eigenvalue weighted by molar-refractivity contribution is 0.0535. The number of benzene rings is 2. The molecule has 2 aromatic rings. The van der Waals surface area contributed by atoms with Gasteiger partial charge < -0.3 is 9.80 Å². The monoisotopic (exact) mass is 415 g/mol. The van der Waals surface area contributed by atoms with Crippen LogP contribution in [0.4, 0.5) is 5.69 Å². The summed E-state index contributed by atoms with van der Waals surface area (Å²) in [5.74, 6) is -0.208. The number of nitrogens with one attached hydrogen (secondary N) is 1. The number of nitrogens with zero attached hydrogens (tertiary/aromatic N) is 2. The highest BCUT2D eigenvalue weighted by atomic mass is 32.2. The van der Waals surface area contributed by atoms with E-state index in [0.29, 0.717) is 43.0 Å². The predicted molar refractivity (Wildman–Crippen MR) is 113 cm³/mol. The van der Waals surface area contributed by atoms with Gasteiger partial charge in [0.05, 0.1) is 6.26 Å². The molecule has 1 fully saturated rings. The number of hydrogen-bond donors (Lipinski definition) is 1. The third-order valence-corrected chi connectivity index (χ3v) is 5.48. The van der Waals surface area contributed by atoms with Gasteiger partial charge in [0, 0.05) is 43.0 Å². The van der Waals surface area contributed by atoms with Gasteiger partial charge in [-0.05, 0) is 42.3 Å². The summed E-state index contributed by atoms with van der Waals surface area (Å²) in [7, 11) is -3.41. The Labute approximate surface area is 171 Å².